The number of rotatable bonds is 3. The van der Waals surface area contributed by atoms with Crippen molar-refractivity contribution in [3.8, 4) is 0 Å². The molecule has 0 unspecified atom stereocenters. The number of hydrogen-bond donors (Lipinski definition) is 2. The van der Waals surface area contributed by atoms with Crippen LogP contribution in [0.5, 0.6) is 0 Å². The number of aliphatic hydroxyl groups excluding tert-OH is 1. The predicted octanol–water partition coefficient (Wildman–Crippen LogP) is 1.37. The molecule has 0 aliphatic rings. The third-order valence-corrected chi connectivity index (χ3v) is 2.11. The standard InChI is InChI=1S/C8H10BrFN2O/c9-5-3-6(7(11)1-2-13)8(10)12-4-5/h3-4,7,13H,1-2,11H2/t7-/m0/s1. The van der Waals surface area contributed by atoms with Gasteiger partial charge in [-0.3, -0.25) is 0 Å². The van der Waals surface area contributed by atoms with Gasteiger partial charge < -0.3 is 10.8 Å². The highest BCUT2D eigenvalue weighted by molar-refractivity contribution is 9.10. The number of aromatic nitrogens is 1. The van der Waals surface area contributed by atoms with E-state index in [1.165, 1.54) is 6.20 Å². The van der Waals surface area contributed by atoms with E-state index in [0.717, 1.165) is 0 Å². The van der Waals surface area contributed by atoms with Crippen LogP contribution >= 0.6 is 15.9 Å². The molecule has 0 saturated carbocycles. The number of hydrogen-bond acceptors (Lipinski definition) is 3. The molecule has 72 valence electrons. The Morgan fingerprint density at radius 1 is 1.69 bits per heavy atom. The number of pyridine rings is 1. The molecule has 1 atom stereocenters. The minimum atomic E-state index is -0.579. The summed E-state index contributed by atoms with van der Waals surface area (Å²) in [5.41, 5.74) is 5.94. The first kappa shape index (κ1) is 10.6. The summed E-state index contributed by atoms with van der Waals surface area (Å²) in [5, 5.41) is 8.62. The van der Waals surface area contributed by atoms with Crippen LogP contribution in [0.1, 0.15) is 18.0 Å². The molecule has 3 nitrogen and oxygen atoms in total. The summed E-state index contributed by atoms with van der Waals surface area (Å²) < 4.78 is 13.7. The Labute approximate surface area is 83.9 Å². The molecule has 0 aliphatic heterocycles. The lowest BCUT2D eigenvalue weighted by molar-refractivity contribution is 0.275. The van der Waals surface area contributed by atoms with Gasteiger partial charge in [0.25, 0.3) is 0 Å². The van der Waals surface area contributed by atoms with Crippen molar-refractivity contribution in [2.24, 2.45) is 5.73 Å². The summed E-state index contributed by atoms with van der Waals surface area (Å²) in [6.07, 6.45) is 1.69. The molecular formula is C8H10BrFN2O. The largest absolute Gasteiger partial charge is 0.396 e. The summed E-state index contributed by atoms with van der Waals surface area (Å²) in [7, 11) is 0. The van der Waals surface area contributed by atoms with Gasteiger partial charge in [-0.1, -0.05) is 0 Å². The van der Waals surface area contributed by atoms with Gasteiger partial charge in [0, 0.05) is 28.9 Å². The van der Waals surface area contributed by atoms with Gasteiger partial charge in [0.05, 0.1) is 0 Å². The third kappa shape index (κ3) is 2.72. The number of aliphatic hydroxyl groups is 1. The van der Waals surface area contributed by atoms with Crippen molar-refractivity contribution >= 4 is 15.9 Å². The second-order valence-electron chi connectivity index (χ2n) is 2.65. The number of nitrogens with two attached hydrogens (primary N) is 1. The van der Waals surface area contributed by atoms with Gasteiger partial charge in [0.1, 0.15) is 0 Å². The zero-order valence-electron chi connectivity index (χ0n) is 6.87. The fourth-order valence-electron chi connectivity index (χ4n) is 0.993. The van der Waals surface area contributed by atoms with Crippen LogP contribution in [0.3, 0.4) is 0 Å². The van der Waals surface area contributed by atoms with Crippen molar-refractivity contribution in [3.63, 3.8) is 0 Å². The zero-order chi connectivity index (χ0) is 9.84. The van der Waals surface area contributed by atoms with Crippen molar-refractivity contribution in [1.29, 1.82) is 0 Å². The highest BCUT2D eigenvalue weighted by atomic mass is 79.9. The molecule has 1 aromatic rings. The third-order valence-electron chi connectivity index (χ3n) is 1.67. The molecule has 0 fully saturated rings. The lowest BCUT2D eigenvalue weighted by Gasteiger charge is -2.10. The first-order chi connectivity index (χ1) is 6.15. The van der Waals surface area contributed by atoms with E-state index in [0.29, 0.717) is 16.5 Å². The monoisotopic (exact) mass is 248 g/mol. The first-order valence-corrected chi connectivity index (χ1v) is 4.62. The van der Waals surface area contributed by atoms with Crippen LogP contribution in [0.2, 0.25) is 0 Å². The maximum Gasteiger partial charge on any atom is 0.217 e. The van der Waals surface area contributed by atoms with Gasteiger partial charge in [-0.05, 0) is 28.4 Å². The van der Waals surface area contributed by atoms with E-state index >= 15 is 0 Å². The van der Waals surface area contributed by atoms with Gasteiger partial charge in [-0.25, -0.2) is 4.98 Å². The van der Waals surface area contributed by atoms with E-state index in [4.69, 9.17) is 10.8 Å². The fraction of sp³-hybridized carbons (Fsp3) is 0.375. The average Bonchev–Trinajstić information content (AvgIpc) is 2.09. The average molecular weight is 249 g/mol. The first-order valence-electron chi connectivity index (χ1n) is 3.82. The molecule has 5 heteroatoms. The number of nitrogens with zero attached hydrogens (tertiary/aromatic N) is 1. The Hall–Kier alpha value is -0.520. The lowest BCUT2D eigenvalue weighted by atomic mass is 10.1. The SMILES string of the molecule is N[C@@H](CCO)c1cc(Br)cnc1F. The van der Waals surface area contributed by atoms with E-state index in [2.05, 4.69) is 20.9 Å². The molecule has 1 rings (SSSR count). The molecule has 0 amide bonds. The summed E-state index contributed by atoms with van der Waals surface area (Å²) in [6, 6.07) is 1.07. The molecule has 13 heavy (non-hydrogen) atoms. The molecule has 1 aromatic heterocycles. The van der Waals surface area contributed by atoms with E-state index in [1.807, 2.05) is 0 Å². The second-order valence-corrected chi connectivity index (χ2v) is 3.57. The lowest BCUT2D eigenvalue weighted by Crippen LogP contribution is -2.14. The Morgan fingerprint density at radius 2 is 2.38 bits per heavy atom. The maximum atomic E-state index is 13.0. The van der Waals surface area contributed by atoms with Crippen molar-refractivity contribution in [1.82, 2.24) is 4.98 Å². The maximum absolute atomic E-state index is 13.0. The molecule has 1 heterocycles. The Morgan fingerprint density at radius 3 is 3.00 bits per heavy atom. The Bertz CT molecular complexity index is 295. The van der Waals surface area contributed by atoms with Crippen LogP contribution in [0.15, 0.2) is 16.7 Å². The molecule has 3 N–H and O–H groups in total. The van der Waals surface area contributed by atoms with Crippen LogP contribution in [-0.4, -0.2) is 16.7 Å². The van der Waals surface area contributed by atoms with Crippen molar-refractivity contribution < 1.29 is 9.50 Å². The Kier molecular flexibility index (Phi) is 3.77. The van der Waals surface area contributed by atoms with E-state index < -0.39 is 12.0 Å². The summed E-state index contributed by atoms with van der Waals surface area (Å²) >= 11 is 3.17. The summed E-state index contributed by atoms with van der Waals surface area (Å²) in [6.45, 7) is -0.0624. The summed E-state index contributed by atoms with van der Waals surface area (Å²) in [4.78, 5) is 3.51. The van der Waals surface area contributed by atoms with Gasteiger partial charge in [-0.15, -0.1) is 0 Å². The van der Waals surface area contributed by atoms with Crippen LogP contribution in [0.25, 0.3) is 0 Å². The topological polar surface area (TPSA) is 59.1 Å². The highest BCUT2D eigenvalue weighted by Crippen LogP contribution is 2.19. The number of halogens is 2. The van der Waals surface area contributed by atoms with Crippen LogP contribution < -0.4 is 5.73 Å². The van der Waals surface area contributed by atoms with E-state index in [1.54, 1.807) is 6.07 Å². The van der Waals surface area contributed by atoms with Crippen LogP contribution in [0.4, 0.5) is 4.39 Å². The van der Waals surface area contributed by atoms with Crippen LogP contribution in [-0.2, 0) is 0 Å². The van der Waals surface area contributed by atoms with E-state index in [9.17, 15) is 4.39 Å². The smallest absolute Gasteiger partial charge is 0.217 e. The van der Waals surface area contributed by atoms with Crippen molar-refractivity contribution in [3.05, 3.63) is 28.2 Å². The molecule has 0 spiro atoms. The minimum Gasteiger partial charge on any atom is -0.396 e. The quantitative estimate of drug-likeness (QED) is 0.795. The molecule has 0 radical (unpaired) electrons. The molecular weight excluding hydrogens is 239 g/mol. The van der Waals surface area contributed by atoms with Crippen molar-refractivity contribution in [2.75, 3.05) is 6.61 Å². The van der Waals surface area contributed by atoms with Crippen LogP contribution in [0, 0.1) is 5.95 Å². The molecule has 0 saturated heterocycles. The van der Waals surface area contributed by atoms with Crippen molar-refractivity contribution in [2.45, 2.75) is 12.5 Å². The normalized spacial score (nSPS) is 12.9. The molecule has 0 aromatic carbocycles. The van der Waals surface area contributed by atoms with Gasteiger partial charge in [0.2, 0.25) is 5.95 Å². The fourth-order valence-corrected chi connectivity index (χ4v) is 1.34. The molecule has 0 aliphatic carbocycles. The van der Waals surface area contributed by atoms with Gasteiger partial charge >= 0.3 is 0 Å². The van der Waals surface area contributed by atoms with Gasteiger partial charge in [0.15, 0.2) is 0 Å². The molecule has 0 bridgehead atoms. The zero-order valence-corrected chi connectivity index (χ0v) is 8.46. The summed E-state index contributed by atoms with van der Waals surface area (Å²) in [5.74, 6) is -0.579. The predicted molar refractivity (Wildman–Crippen MR) is 50.5 cm³/mol. The minimum absolute atomic E-state index is 0.0624. The van der Waals surface area contributed by atoms with Gasteiger partial charge in [-0.2, -0.15) is 4.39 Å². The Balaban J connectivity index is 2.91. The highest BCUT2D eigenvalue weighted by Gasteiger charge is 2.12. The van der Waals surface area contributed by atoms with E-state index in [-0.39, 0.29) is 6.61 Å². The second kappa shape index (κ2) is 4.64.